The summed E-state index contributed by atoms with van der Waals surface area (Å²) in [5, 5.41) is 2.98. The minimum absolute atomic E-state index is 0.0370. The lowest BCUT2D eigenvalue weighted by molar-refractivity contribution is 0.0543. The Morgan fingerprint density at radius 1 is 0.923 bits per heavy atom. The van der Waals surface area contributed by atoms with Crippen molar-refractivity contribution < 1.29 is 17.6 Å². The molecule has 0 aliphatic carbocycles. The average molecular weight is 543 g/mol. The maximum Gasteiger partial charge on any atom is 0.251 e. The largest absolute Gasteiger partial charge is 0.326 e. The van der Waals surface area contributed by atoms with E-state index in [2.05, 4.69) is 30.2 Å². The second kappa shape index (κ2) is 11.2. The number of imidazole rings is 1. The van der Waals surface area contributed by atoms with Gasteiger partial charge in [-0.15, -0.1) is 0 Å². The van der Waals surface area contributed by atoms with Crippen LogP contribution in [0.5, 0.6) is 0 Å². The highest BCUT2D eigenvalue weighted by Crippen LogP contribution is 2.30. The number of rotatable bonds is 8. The number of fused-ring (bicyclic) bond motifs is 1. The van der Waals surface area contributed by atoms with Crippen molar-refractivity contribution in [2.24, 2.45) is 0 Å². The lowest BCUT2D eigenvalue weighted by atomic mass is 10.1. The fraction of sp³-hybridized carbons (Fsp3) is 0.407. The molecule has 12 heteroatoms. The van der Waals surface area contributed by atoms with Crippen molar-refractivity contribution in [3.63, 3.8) is 0 Å². The number of hydrogen-bond donors (Lipinski definition) is 1. The summed E-state index contributed by atoms with van der Waals surface area (Å²) in [6, 6.07) is 6.64. The molecule has 0 radical (unpaired) electrons. The van der Waals surface area contributed by atoms with E-state index in [0.29, 0.717) is 49.9 Å². The summed E-state index contributed by atoms with van der Waals surface area (Å²) < 4.78 is 56.8. The van der Waals surface area contributed by atoms with Crippen LogP contribution in [-0.4, -0.2) is 73.5 Å². The van der Waals surface area contributed by atoms with E-state index >= 15 is 0 Å². The Labute approximate surface area is 223 Å². The van der Waals surface area contributed by atoms with Gasteiger partial charge in [-0.25, -0.2) is 37.5 Å². The van der Waals surface area contributed by atoms with Gasteiger partial charge in [0.1, 0.15) is 22.9 Å². The molecule has 4 aromatic rings. The first-order valence-corrected chi connectivity index (χ1v) is 12.8. The van der Waals surface area contributed by atoms with Crippen LogP contribution in [0.4, 0.5) is 29.3 Å². The fourth-order valence-electron chi connectivity index (χ4n) is 4.98. The van der Waals surface area contributed by atoms with Gasteiger partial charge in [0, 0.05) is 50.5 Å². The number of nitrogens with one attached hydrogen (secondary N) is 1. The third-order valence-electron chi connectivity index (χ3n) is 6.79. The molecular weight excluding hydrogens is 512 g/mol. The van der Waals surface area contributed by atoms with Gasteiger partial charge in [-0.2, -0.15) is 0 Å². The molecule has 39 heavy (non-hydrogen) atoms. The molecule has 0 saturated carbocycles. The number of aryl methyl sites for hydroxylation is 1. The van der Waals surface area contributed by atoms with E-state index in [9.17, 15) is 17.6 Å². The number of alkyl halides is 2. The highest BCUT2D eigenvalue weighted by Gasteiger charge is 2.20. The monoisotopic (exact) mass is 542 g/mol. The maximum absolute atomic E-state index is 14.9. The zero-order valence-corrected chi connectivity index (χ0v) is 22.0. The molecule has 1 aliphatic heterocycles. The molecular formula is C27H30F4N8. The Balaban J connectivity index is 1.30. The van der Waals surface area contributed by atoms with Crippen molar-refractivity contribution in [1.29, 1.82) is 0 Å². The summed E-state index contributed by atoms with van der Waals surface area (Å²) in [7, 11) is 0. The van der Waals surface area contributed by atoms with E-state index in [0.717, 1.165) is 11.8 Å². The molecule has 1 fully saturated rings. The average Bonchev–Trinajstić information content (AvgIpc) is 3.24. The SMILES string of the molecule is Cc1nc2c(F)cc(-c3nc(Nc4ccc(CN5CCN(CC(F)F)CC5)cn4)ncc3F)cc2n1C(C)C. The molecule has 1 aromatic carbocycles. The lowest BCUT2D eigenvalue weighted by Crippen LogP contribution is -2.47. The molecule has 5 rings (SSSR count). The van der Waals surface area contributed by atoms with E-state index < -0.39 is 18.1 Å². The van der Waals surface area contributed by atoms with Crippen LogP contribution in [-0.2, 0) is 6.54 Å². The van der Waals surface area contributed by atoms with Crippen LogP contribution in [0, 0.1) is 18.6 Å². The predicted octanol–water partition coefficient (Wildman–Crippen LogP) is 5.18. The lowest BCUT2D eigenvalue weighted by Gasteiger charge is -2.34. The van der Waals surface area contributed by atoms with Crippen LogP contribution >= 0.6 is 0 Å². The van der Waals surface area contributed by atoms with Gasteiger partial charge >= 0.3 is 0 Å². The van der Waals surface area contributed by atoms with E-state index in [1.165, 1.54) is 6.07 Å². The molecule has 0 atom stereocenters. The van der Waals surface area contributed by atoms with E-state index in [4.69, 9.17) is 0 Å². The minimum atomic E-state index is -2.31. The van der Waals surface area contributed by atoms with Crippen LogP contribution in [0.1, 0.15) is 31.3 Å². The Morgan fingerprint density at radius 2 is 1.67 bits per heavy atom. The highest BCUT2D eigenvalue weighted by atomic mass is 19.3. The van der Waals surface area contributed by atoms with Gasteiger partial charge in [-0.05, 0) is 44.5 Å². The third-order valence-corrected chi connectivity index (χ3v) is 6.79. The highest BCUT2D eigenvalue weighted by molar-refractivity contribution is 5.83. The number of benzene rings is 1. The van der Waals surface area contributed by atoms with E-state index in [1.54, 1.807) is 23.2 Å². The topological polar surface area (TPSA) is 75.0 Å². The normalized spacial score (nSPS) is 15.1. The number of aromatic nitrogens is 5. The van der Waals surface area contributed by atoms with Crippen LogP contribution in [0.3, 0.4) is 0 Å². The van der Waals surface area contributed by atoms with Crippen molar-refractivity contribution in [2.75, 3.05) is 38.0 Å². The first kappa shape index (κ1) is 26.9. The number of hydrogen-bond acceptors (Lipinski definition) is 7. The van der Waals surface area contributed by atoms with Gasteiger partial charge < -0.3 is 9.88 Å². The number of anilines is 2. The van der Waals surface area contributed by atoms with Gasteiger partial charge in [-0.3, -0.25) is 9.80 Å². The molecule has 0 spiro atoms. The first-order chi connectivity index (χ1) is 18.7. The second-order valence-electron chi connectivity index (χ2n) is 9.98. The summed E-state index contributed by atoms with van der Waals surface area (Å²) in [4.78, 5) is 21.1. The van der Waals surface area contributed by atoms with Crippen molar-refractivity contribution in [3.8, 4) is 11.3 Å². The molecule has 0 unspecified atom stereocenters. The Hall–Kier alpha value is -3.64. The standard InChI is InChI=1S/C27H30F4N8/c1-16(2)39-17(3)34-26-20(28)10-19(11-22(26)39)25-21(29)13-33-27(36-25)35-24-5-4-18(12-32-24)14-37-6-8-38(9-7-37)15-23(30)31/h4-5,10-13,16,23H,6-9,14-15H2,1-3H3,(H,32,33,35,36). The van der Waals surface area contributed by atoms with Crippen molar-refractivity contribution in [1.82, 2.24) is 34.3 Å². The van der Waals surface area contributed by atoms with Crippen molar-refractivity contribution in [3.05, 3.63) is 59.7 Å². The van der Waals surface area contributed by atoms with Gasteiger partial charge in [0.15, 0.2) is 11.6 Å². The van der Waals surface area contributed by atoms with Crippen LogP contribution in [0.2, 0.25) is 0 Å². The molecule has 1 saturated heterocycles. The Morgan fingerprint density at radius 3 is 2.33 bits per heavy atom. The molecule has 206 valence electrons. The zero-order valence-electron chi connectivity index (χ0n) is 22.0. The summed E-state index contributed by atoms with van der Waals surface area (Å²) in [6.07, 6.45) is 0.447. The molecule has 3 aromatic heterocycles. The Bertz CT molecular complexity index is 1450. The first-order valence-electron chi connectivity index (χ1n) is 12.8. The number of halogens is 4. The second-order valence-corrected chi connectivity index (χ2v) is 9.98. The van der Waals surface area contributed by atoms with Crippen LogP contribution < -0.4 is 5.32 Å². The minimum Gasteiger partial charge on any atom is -0.326 e. The number of nitrogens with zero attached hydrogens (tertiary/aromatic N) is 7. The summed E-state index contributed by atoms with van der Waals surface area (Å²) >= 11 is 0. The zero-order chi connectivity index (χ0) is 27.7. The van der Waals surface area contributed by atoms with Gasteiger partial charge in [-0.1, -0.05) is 6.07 Å². The van der Waals surface area contributed by atoms with E-state index in [-0.39, 0.29) is 35.3 Å². The van der Waals surface area contributed by atoms with Crippen LogP contribution in [0.25, 0.3) is 22.3 Å². The Kier molecular flexibility index (Phi) is 7.76. The van der Waals surface area contributed by atoms with Gasteiger partial charge in [0.2, 0.25) is 5.95 Å². The molecule has 0 amide bonds. The van der Waals surface area contributed by atoms with Crippen LogP contribution in [0.15, 0.2) is 36.7 Å². The molecule has 8 nitrogen and oxygen atoms in total. The summed E-state index contributed by atoms with van der Waals surface area (Å²) in [5.74, 6) is 0.0305. The number of pyridine rings is 1. The van der Waals surface area contributed by atoms with Crippen molar-refractivity contribution >= 4 is 22.8 Å². The van der Waals surface area contributed by atoms with E-state index in [1.807, 2.05) is 31.4 Å². The van der Waals surface area contributed by atoms with Gasteiger partial charge in [0.05, 0.1) is 18.3 Å². The number of piperazine rings is 1. The summed E-state index contributed by atoms with van der Waals surface area (Å²) in [5.41, 5.74) is 2.02. The molecule has 1 aliphatic rings. The predicted molar refractivity (Wildman–Crippen MR) is 141 cm³/mol. The molecule has 0 bridgehead atoms. The van der Waals surface area contributed by atoms with Crippen molar-refractivity contribution in [2.45, 2.75) is 39.8 Å². The molecule has 1 N–H and O–H groups in total. The van der Waals surface area contributed by atoms with Gasteiger partial charge in [0.25, 0.3) is 6.43 Å². The quantitative estimate of drug-likeness (QED) is 0.308. The molecule has 4 heterocycles. The smallest absolute Gasteiger partial charge is 0.251 e. The maximum atomic E-state index is 14.9. The third kappa shape index (κ3) is 6.01. The fourth-order valence-corrected chi connectivity index (χ4v) is 4.98. The summed E-state index contributed by atoms with van der Waals surface area (Å²) in [6.45, 7) is 8.87.